The summed E-state index contributed by atoms with van der Waals surface area (Å²) < 4.78 is 0. The monoisotopic (exact) mass is 262 g/mol. The van der Waals surface area contributed by atoms with Crippen LogP contribution in [0.2, 0.25) is 0 Å². The van der Waals surface area contributed by atoms with Crippen molar-refractivity contribution < 1.29 is 9.90 Å². The topological polar surface area (TPSA) is 61.4 Å². The second-order valence-electron chi connectivity index (χ2n) is 4.40. The minimum Gasteiger partial charge on any atom is -0.387 e. The highest BCUT2D eigenvalue weighted by molar-refractivity contribution is 5.91. The van der Waals surface area contributed by atoms with Crippen molar-refractivity contribution in [2.24, 2.45) is 0 Å². The summed E-state index contributed by atoms with van der Waals surface area (Å²) in [6.07, 6.45) is 4.96. The molecule has 0 aliphatic rings. The lowest BCUT2D eigenvalue weighted by molar-refractivity contribution is -0.118. The van der Waals surface area contributed by atoms with Gasteiger partial charge in [0.1, 0.15) is 6.61 Å². The summed E-state index contributed by atoms with van der Waals surface area (Å²) in [5.74, 6) is -0.407. The number of amides is 1. The molecule has 3 N–H and O–H groups in total. The van der Waals surface area contributed by atoms with Crippen molar-refractivity contribution in [1.29, 1.82) is 0 Å². The van der Waals surface area contributed by atoms with Gasteiger partial charge in [-0.1, -0.05) is 19.1 Å². The Kier molecular flexibility index (Phi) is 6.68. The first-order valence-electron chi connectivity index (χ1n) is 6.57. The number of carbonyl (C=O) groups is 1. The van der Waals surface area contributed by atoms with Crippen LogP contribution in [0.5, 0.6) is 0 Å². The van der Waals surface area contributed by atoms with Gasteiger partial charge in [-0.2, -0.15) is 0 Å². The van der Waals surface area contributed by atoms with Crippen LogP contribution in [0.15, 0.2) is 36.9 Å². The highest BCUT2D eigenvalue weighted by Crippen LogP contribution is 2.18. The zero-order valence-corrected chi connectivity index (χ0v) is 11.4. The largest absolute Gasteiger partial charge is 0.387 e. The van der Waals surface area contributed by atoms with Gasteiger partial charge in [0.2, 0.25) is 5.91 Å². The molecule has 1 atom stereocenters. The number of anilines is 2. The molecule has 0 saturated carbocycles. The predicted molar refractivity (Wildman–Crippen MR) is 79.3 cm³/mol. The molecule has 1 amide bonds. The van der Waals surface area contributed by atoms with E-state index >= 15 is 0 Å². The van der Waals surface area contributed by atoms with E-state index in [0.717, 1.165) is 24.9 Å². The average molecular weight is 262 g/mol. The van der Waals surface area contributed by atoms with Crippen LogP contribution in [0.3, 0.4) is 0 Å². The van der Waals surface area contributed by atoms with Crippen molar-refractivity contribution in [3.63, 3.8) is 0 Å². The van der Waals surface area contributed by atoms with Crippen LogP contribution in [0.1, 0.15) is 26.2 Å². The van der Waals surface area contributed by atoms with Crippen molar-refractivity contribution in [2.75, 3.05) is 17.2 Å². The molecule has 0 saturated heterocycles. The predicted octanol–water partition coefficient (Wildman–Crippen LogP) is 2.77. The Morgan fingerprint density at radius 3 is 2.84 bits per heavy atom. The molecule has 1 aromatic carbocycles. The van der Waals surface area contributed by atoms with E-state index in [1.807, 2.05) is 24.3 Å². The quantitative estimate of drug-likeness (QED) is 0.631. The fourth-order valence-electron chi connectivity index (χ4n) is 1.82. The molecular weight excluding hydrogens is 240 g/mol. The molecule has 1 aromatic rings. The van der Waals surface area contributed by atoms with Crippen LogP contribution in [-0.4, -0.2) is 23.7 Å². The van der Waals surface area contributed by atoms with Crippen molar-refractivity contribution >= 4 is 17.3 Å². The average Bonchev–Trinajstić information content (AvgIpc) is 2.43. The molecule has 4 nitrogen and oxygen atoms in total. The van der Waals surface area contributed by atoms with Gasteiger partial charge in [-0.05, 0) is 37.5 Å². The van der Waals surface area contributed by atoms with Gasteiger partial charge in [-0.15, -0.1) is 6.58 Å². The van der Waals surface area contributed by atoms with Gasteiger partial charge in [-0.3, -0.25) is 4.79 Å². The maximum Gasteiger partial charge on any atom is 0.250 e. The number of allylic oxidation sites excluding steroid dienone is 1. The summed E-state index contributed by atoms with van der Waals surface area (Å²) in [6.45, 7) is 5.36. The summed E-state index contributed by atoms with van der Waals surface area (Å²) in [4.78, 5) is 11.1. The van der Waals surface area contributed by atoms with Crippen molar-refractivity contribution in [2.45, 2.75) is 32.2 Å². The van der Waals surface area contributed by atoms with E-state index in [1.165, 1.54) is 0 Å². The van der Waals surface area contributed by atoms with E-state index in [1.54, 1.807) is 6.07 Å². The van der Waals surface area contributed by atoms with Crippen molar-refractivity contribution in [1.82, 2.24) is 0 Å². The molecule has 104 valence electrons. The molecular formula is C15H22N2O2. The van der Waals surface area contributed by atoms with Crippen molar-refractivity contribution in [3.05, 3.63) is 36.9 Å². The summed E-state index contributed by atoms with van der Waals surface area (Å²) in [7, 11) is 0. The van der Waals surface area contributed by atoms with Crippen LogP contribution in [0.25, 0.3) is 0 Å². The molecule has 19 heavy (non-hydrogen) atoms. The van der Waals surface area contributed by atoms with Crippen LogP contribution in [0.4, 0.5) is 11.4 Å². The Hall–Kier alpha value is -1.81. The Morgan fingerprint density at radius 1 is 1.47 bits per heavy atom. The first kappa shape index (κ1) is 15.2. The maximum atomic E-state index is 11.1. The fourth-order valence-corrected chi connectivity index (χ4v) is 1.82. The van der Waals surface area contributed by atoms with E-state index in [0.29, 0.717) is 11.7 Å². The Morgan fingerprint density at radius 2 is 2.21 bits per heavy atom. The van der Waals surface area contributed by atoms with Crippen LogP contribution in [0, 0.1) is 0 Å². The van der Waals surface area contributed by atoms with Crippen LogP contribution < -0.4 is 10.6 Å². The van der Waals surface area contributed by atoms with Crippen LogP contribution in [-0.2, 0) is 4.79 Å². The minimum atomic E-state index is -0.505. The molecule has 4 heteroatoms. The number of carbonyl (C=O) groups excluding carboxylic acids is 1. The SMILES string of the molecule is C=CCCC(CC)Nc1cccc(NC(=O)CO)c1. The number of aliphatic hydroxyl groups is 1. The first-order chi connectivity index (χ1) is 9.19. The molecule has 0 heterocycles. The standard InChI is InChI=1S/C15H22N2O2/c1-3-5-7-12(4-2)16-13-8-6-9-14(10-13)17-15(19)11-18/h3,6,8-10,12,16,18H,1,4-5,7,11H2,2H3,(H,17,19). The molecule has 0 radical (unpaired) electrons. The van der Waals surface area contributed by atoms with Crippen molar-refractivity contribution in [3.8, 4) is 0 Å². The lowest BCUT2D eigenvalue weighted by atomic mass is 10.1. The Bertz CT molecular complexity index is 418. The van der Waals surface area contributed by atoms with Gasteiger partial charge >= 0.3 is 0 Å². The zero-order valence-electron chi connectivity index (χ0n) is 11.4. The number of benzene rings is 1. The fraction of sp³-hybridized carbons (Fsp3) is 0.400. The molecule has 0 aliphatic heterocycles. The molecule has 0 aromatic heterocycles. The van der Waals surface area contributed by atoms with Gasteiger partial charge in [0.05, 0.1) is 0 Å². The molecule has 1 rings (SSSR count). The third-order valence-corrected chi connectivity index (χ3v) is 2.87. The van der Waals surface area contributed by atoms with Gasteiger partial charge in [0, 0.05) is 17.4 Å². The summed E-state index contributed by atoms with van der Waals surface area (Å²) in [5, 5.41) is 14.8. The lowest BCUT2D eigenvalue weighted by Crippen LogP contribution is -2.19. The molecule has 0 bridgehead atoms. The number of rotatable bonds is 8. The number of hydrogen-bond acceptors (Lipinski definition) is 3. The van der Waals surface area contributed by atoms with Gasteiger partial charge in [-0.25, -0.2) is 0 Å². The Balaban J connectivity index is 2.64. The smallest absolute Gasteiger partial charge is 0.250 e. The van der Waals surface area contributed by atoms with Gasteiger partial charge in [0.25, 0.3) is 0 Å². The molecule has 0 fully saturated rings. The second-order valence-corrected chi connectivity index (χ2v) is 4.40. The highest BCUT2D eigenvalue weighted by atomic mass is 16.3. The third-order valence-electron chi connectivity index (χ3n) is 2.87. The van der Waals surface area contributed by atoms with Gasteiger partial charge < -0.3 is 15.7 Å². The van der Waals surface area contributed by atoms with Gasteiger partial charge in [0.15, 0.2) is 0 Å². The molecule has 0 spiro atoms. The molecule has 1 unspecified atom stereocenters. The first-order valence-corrected chi connectivity index (χ1v) is 6.57. The number of aliphatic hydroxyl groups excluding tert-OH is 1. The van der Waals surface area contributed by atoms with E-state index in [-0.39, 0.29) is 0 Å². The van der Waals surface area contributed by atoms with Crippen LogP contribution >= 0.6 is 0 Å². The van der Waals surface area contributed by atoms with E-state index in [2.05, 4.69) is 24.1 Å². The normalized spacial score (nSPS) is 11.7. The number of hydrogen-bond donors (Lipinski definition) is 3. The second kappa shape index (κ2) is 8.32. The maximum absolute atomic E-state index is 11.1. The van der Waals surface area contributed by atoms with E-state index in [4.69, 9.17) is 5.11 Å². The van der Waals surface area contributed by atoms with E-state index < -0.39 is 12.5 Å². The minimum absolute atomic E-state index is 0.391. The summed E-state index contributed by atoms with van der Waals surface area (Å²) in [5.41, 5.74) is 1.65. The zero-order chi connectivity index (χ0) is 14.1. The number of nitrogens with one attached hydrogen (secondary N) is 2. The molecule has 0 aliphatic carbocycles. The highest BCUT2D eigenvalue weighted by Gasteiger charge is 2.06. The summed E-state index contributed by atoms with van der Waals surface area (Å²) >= 11 is 0. The summed E-state index contributed by atoms with van der Waals surface area (Å²) in [6, 6.07) is 7.88. The third kappa shape index (κ3) is 5.57. The van der Waals surface area contributed by atoms with E-state index in [9.17, 15) is 4.79 Å². The lowest BCUT2D eigenvalue weighted by Gasteiger charge is -2.18. The Labute approximate surface area is 114 Å².